The van der Waals surface area contributed by atoms with Crippen molar-refractivity contribution in [2.45, 2.75) is 44.2 Å². The monoisotopic (exact) mass is 420 g/mol. The van der Waals surface area contributed by atoms with Crippen LogP contribution in [0.5, 0.6) is 0 Å². The van der Waals surface area contributed by atoms with Crippen molar-refractivity contribution < 1.29 is 5.11 Å². The summed E-state index contributed by atoms with van der Waals surface area (Å²) in [5.41, 5.74) is 1.50. The lowest BCUT2D eigenvalue weighted by molar-refractivity contribution is -0.0364. The first-order valence-electron chi connectivity index (χ1n) is 10.1. The molecule has 1 aliphatic heterocycles. The Morgan fingerprint density at radius 2 is 1.75 bits per heavy atom. The summed E-state index contributed by atoms with van der Waals surface area (Å²) in [6, 6.07) is 16.3. The molecule has 0 radical (unpaired) electrons. The molecule has 3 nitrogen and oxygen atoms in total. The van der Waals surface area contributed by atoms with Crippen LogP contribution in [-0.4, -0.2) is 42.2 Å². The van der Waals surface area contributed by atoms with Crippen LogP contribution >= 0.6 is 23.2 Å². The van der Waals surface area contributed by atoms with Crippen molar-refractivity contribution in [2.24, 2.45) is 0 Å². The van der Waals surface area contributed by atoms with Gasteiger partial charge in [0.25, 0.3) is 0 Å². The van der Waals surface area contributed by atoms with Crippen LogP contribution in [-0.2, 0) is 5.60 Å². The first-order chi connectivity index (χ1) is 13.4. The van der Waals surface area contributed by atoms with E-state index in [-0.39, 0.29) is 0 Å². The van der Waals surface area contributed by atoms with Crippen LogP contribution in [0.2, 0.25) is 10.0 Å². The number of benzene rings is 2. The molecule has 1 saturated heterocycles. The molecule has 1 heterocycles. The molecule has 0 amide bonds. The lowest BCUT2D eigenvalue weighted by atomic mass is 9.82. The van der Waals surface area contributed by atoms with Crippen molar-refractivity contribution in [3.8, 4) is 0 Å². The van der Waals surface area contributed by atoms with E-state index in [1.807, 2.05) is 42.5 Å². The van der Waals surface area contributed by atoms with Crippen molar-refractivity contribution in [2.75, 3.05) is 26.2 Å². The summed E-state index contributed by atoms with van der Waals surface area (Å²) in [5.74, 6) is 0.303. The standard InChI is InChI=1S/C23H30Cl2N2O/c1-3-26-16-20(18-9-10-21(24)22(25)15-18)17(2)27-13-11-23(28,12-14-27)19-7-5-4-6-8-19/h4-10,15,17,20,26,28H,3,11-14,16H2,1-2H3. The normalized spacial score (nSPS) is 19.3. The molecule has 1 fully saturated rings. The first kappa shape index (κ1) is 21.6. The third-order valence-corrected chi connectivity index (χ3v) is 6.82. The maximum atomic E-state index is 11.1. The van der Waals surface area contributed by atoms with Gasteiger partial charge in [-0.3, -0.25) is 4.90 Å². The molecule has 0 aliphatic carbocycles. The zero-order chi connectivity index (χ0) is 20.1. The third-order valence-electron chi connectivity index (χ3n) is 6.08. The Balaban J connectivity index is 1.73. The lowest BCUT2D eigenvalue weighted by Gasteiger charge is -2.43. The minimum atomic E-state index is -0.724. The zero-order valence-corrected chi connectivity index (χ0v) is 18.2. The van der Waals surface area contributed by atoms with Gasteiger partial charge in [-0.15, -0.1) is 0 Å². The van der Waals surface area contributed by atoms with Crippen molar-refractivity contribution in [1.82, 2.24) is 10.2 Å². The smallest absolute Gasteiger partial charge is 0.0920 e. The van der Waals surface area contributed by atoms with Gasteiger partial charge in [0.05, 0.1) is 15.6 Å². The molecule has 152 valence electrons. The van der Waals surface area contributed by atoms with Gasteiger partial charge in [-0.25, -0.2) is 0 Å². The molecular formula is C23H30Cl2N2O. The maximum absolute atomic E-state index is 11.1. The molecule has 0 aromatic heterocycles. The van der Waals surface area contributed by atoms with Gasteiger partial charge in [-0.05, 0) is 49.6 Å². The molecule has 3 rings (SSSR count). The molecule has 2 unspecified atom stereocenters. The number of hydrogen-bond donors (Lipinski definition) is 2. The Bertz CT molecular complexity index is 760. The molecule has 1 aliphatic rings. The quantitative estimate of drug-likeness (QED) is 0.656. The fourth-order valence-corrected chi connectivity index (χ4v) is 4.51. The van der Waals surface area contributed by atoms with Crippen LogP contribution in [0.3, 0.4) is 0 Å². The number of halogens is 2. The Labute approximate surface area is 178 Å². The average molecular weight is 421 g/mol. The van der Waals surface area contributed by atoms with Gasteiger partial charge in [-0.1, -0.05) is 66.5 Å². The van der Waals surface area contributed by atoms with Gasteiger partial charge in [0.1, 0.15) is 0 Å². The van der Waals surface area contributed by atoms with Gasteiger partial charge in [0.15, 0.2) is 0 Å². The SMILES string of the molecule is CCNCC(c1ccc(Cl)c(Cl)c1)C(C)N1CCC(O)(c2ccccc2)CC1. The summed E-state index contributed by atoms with van der Waals surface area (Å²) in [5, 5.41) is 15.8. The fraction of sp³-hybridized carbons (Fsp3) is 0.478. The number of nitrogens with one attached hydrogen (secondary N) is 1. The maximum Gasteiger partial charge on any atom is 0.0920 e. The molecule has 2 atom stereocenters. The van der Waals surface area contributed by atoms with Crippen molar-refractivity contribution in [1.29, 1.82) is 0 Å². The molecular weight excluding hydrogens is 391 g/mol. The molecule has 2 aromatic carbocycles. The second-order valence-corrected chi connectivity index (χ2v) is 8.58. The van der Waals surface area contributed by atoms with Crippen molar-refractivity contribution >= 4 is 23.2 Å². The van der Waals surface area contributed by atoms with E-state index in [1.165, 1.54) is 5.56 Å². The number of hydrogen-bond acceptors (Lipinski definition) is 3. The molecule has 28 heavy (non-hydrogen) atoms. The summed E-state index contributed by atoms with van der Waals surface area (Å²) >= 11 is 12.4. The van der Waals surface area contributed by atoms with Crippen LogP contribution in [0.15, 0.2) is 48.5 Å². The number of piperidine rings is 1. The van der Waals surface area contributed by atoms with Gasteiger partial charge in [0.2, 0.25) is 0 Å². The molecule has 5 heteroatoms. The van der Waals surface area contributed by atoms with Gasteiger partial charge in [0, 0.05) is 31.6 Å². The predicted molar refractivity (Wildman–Crippen MR) is 118 cm³/mol. The van der Waals surface area contributed by atoms with Crippen LogP contribution < -0.4 is 5.32 Å². The van der Waals surface area contributed by atoms with E-state index in [4.69, 9.17) is 23.2 Å². The second-order valence-electron chi connectivity index (χ2n) is 7.76. The van der Waals surface area contributed by atoms with E-state index in [0.29, 0.717) is 22.0 Å². The highest BCUT2D eigenvalue weighted by Crippen LogP contribution is 2.36. The third kappa shape index (κ3) is 4.90. The fourth-order valence-electron chi connectivity index (χ4n) is 4.20. The Morgan fingerprint density at radius 1 is 1.07 bits per heavy atom. The first-order valence-corrected chi connectivity index (χ1v) is 10.9. The van der Waals surface area contributed by atoms with E-state index in [1.54, 1.807) is 0 Å². The van der Waals surface area contributed by atoms with E-state index in [2.05, 4.69) is 30.1 Å². The minimum Gasteiger partial charge on any atom is -0.385 e. The molecule has 0 bridgehead atoms. The largest absolute Gasteiger partial charge is 0.385 e. The van der Waals surface area contributed by atoms with Crippen LogP contribution in [0.1, 0.15) is 43.7 Å². The van der Waals surface area contributed by atoms with Crippen LogP contribution in [0, 0.1) is 0 Å². The summed E-state index contributed by atoms with van der Waals surface area (Å²) in [4.78, 5) is 2.49. The Hall–Kier alpha value is -1.10. The summed E-state index contributed by atoms with van der Waals surface area (Å²) in [7, 11) is 0. The number of rotatable bonds is 7. The summed E-state index contributed by atoms with van der Waals surface area (Å²) in [6.45, 7) is 7.95. The second kappa shape index (κ2) is 9.60. The number of likely N-dealkylation sites (tertiary alicyclic amines) is 1. The number of likely N-dealkylation sites (N-methyl/N-ethyl adjacent to an activating group) is 1. The van der Waals surface area contributed by atoms with E-state index >= 15 is 0 Å². The number of aliphatic hydroxyl groups is 1. The lowest BCUT2D eigenvalue weighted by Crippen LogP contribution is -2.49. The zero-order valence-electron chi connectivity index (χ0n) is 16.7. The highest BCUT2D eigenvalue weighted by atomic mass is 35.5. The highest BCUT2D eigenvalue weighted by Gasteiger charge is 2.36. The van der Waals surface area contributed by atoms with Crippen LogP contribution in [0.25, 0.3) is 0 Å². The van der Waals surface area contributed by atoms with Crippen LogP contribution in [0.4, 0.5) is 0 Å². The van der Waals surface area contributed by atoms with E-state index < -0.39 is 5.60 Å². The Morgan fingerprint density at radius 3 is 2.36 bits per heavy atom. The summed E-state index contributed by atoms with van der Waals surface area (Å²) < 4.78 is 0. The van der Waals surface area contributed by atoms with Gasteiger partial charge in [-0.2, -0.15) is 0 Å². The summed E-state index contributed by atoms with van der Waals surface area (Å²) in [6.07, 6.45) is 1.49. The van der Waals surface area contributed by atoms with Crippen molar-refractivity contribution in [3.05, 3.63) is 69.7 Å². The number of nitrogens with zero attached hydrogens (tertiary/aromatic N) is 1. The molecule has 0 spiro atoms. The topological polar surface area (TPSA) is 35.5 Å². The average Bonchev–Trinajstić information content (AvgIpc) is 2.72. The van der Waals surface area contributed by atoms with Crippen molar-refractivity contribution in [3.63, 3.8) is 0 Å². The van der Waals surface area contributed by atoms with E-state index in [0.717, 1.165) is 44.6 Å². The van der Waals surface area contributed by atoms with Gasteiger partial charge >= 0.3 is 0 Å². The Kier molecular flexibility index (Phi) is 7.41. The molecule has 2 aromatic rings. The van der Waals surface area contributed by atoms with E-state index in [9.17, 15) is 5.11 Å². The van der Waals surface area contributed by atoms with Gasteiger partial charge < -0.3 is 10.4 Å². The predicted octanol–water partition coefficient (Wildman–Crippen LogP) is 5.06. The molecule has 2 N–H and O–H groups in total. The highest BCUT2D eigenvalue weighted by molar-refractivity contribution is 6.42. The minimum absolute atomic E-state index is 0.303. The molecule has 0 saturated carbocycles.